The van der Waals surface area contributed by atoms with Crippen molar-refractivity contribution in [3.8, 4) is 5.75 Å². The molecule has 4 nitrogen and oxygen atoms in total. The van der Waals surface area contributed by atoms with Crippen LogP contribution in [0.15, 0.2) is 24.3 Å². The molecule has 112 valence electrons. The molecule has 0 spiro atoms. The number of nitrogen functional groups attached to an aromatic ring is 1. The fourth-order valence-corrected chi connectivity index (χ4v) is 2.80. The lowest BCUT2D eigenvalue weighted by Gasteiger charge is -2.49. The monoisotopic (exact) mass is 277 g/mol. The average Bonchev–Trinajstić information content (AvgIpc) is 2.36. The van der Waals surface area contributed by atoms with Crippen molar-refractivity contribution in [1.82, 2.24) is 9.80 Å². The molecule has 4 heteroatoms. The highest BCUT2D eigenvalue weighted by molar-refractivity contribution is 5.41. The Bertz CT molecular complexity index is 412. The van der Waals surface area contributed by atoms with E-state index in [0.717, 1.165) is 24.5 Å². The summed E-state index contributed by atoms with van der Waals surface area (Å²) in [6.07, 6.45) is 3.97. The zero-order valence-corrected chi connectivity index (χ0v) is 12.9. The molecule has 0 radical (unpaired) electrons. The van der Waals surface area contributed by atoms with Crippen LogP contribution in [0.5, 0.6) is 5.75 Å². The maximum Gasteiger partial charge on any atom is 0.119 e. The summed E-state index contributed by atoms with van der Waals surface area (Å²) in [6, 6.07) is 7.58. The Labute approximate surface area is 122 Å². The summed E-state index contributed by atoms with van der Waals surface area (Å²) in [5, 5.41) is 0. The van der Waals surface area contributed by atoms with Crippen molar-refractivity contribution < 1.29 is 4.74 Å². The van der Waals surface area contributed by atoms with Gasteiger partial charge in [0, 0.05) is 24.3 Å². The van der Waals surface area contributed by atoms with E-state index in [1.54, 1.807) is 0 Å². The molecule has 1 aliphatic rings. The first-order chi connectivity index (χ1) is 9.52. The van der Waals surface area contributed by atoms with E-state index in [4.69, 9.17) is 10.5 Å². The summed E-state index contributed by atoms with van der Waals surface area (Å²) in [5.74, 6) is 0.888. The number of nitrogens with zero attached hydrogens (tertiary/aromatic N) is 2. The molecule has 1 aromatic rings. The van der Waals surface area contributed by atoms with Gasteiger partial charge in [-0.05, 0) is 64.7 Å². The second-order valence-electron chi connectivity index (χ2n) is 6.13. The summed E-state index contributed by atoms with van der Waals surface area (Å²) in [5.41, 5.74) is 6.81. The SMILES string of the molecule is CN(CCOc1ccc(N)cc1)CC1(N(C)C)CCC1. The van der Waals surface area contributed by atoms with Gasteiger partial charge in [-0.1, -0.05) is 0 Å². The Hall–Kier alpha value is -1.26. The number of anilines is 1. The molecule has 20 heavy (non-hydrogen) atoms. The van der Waals surface area contributed by atoms with Crippen LogP contribution in [0, 0.1) is 0 Å². The Balaban J connectivity index is 1.72. The molecular formula is C16H27N3O. The van der Waals surface area contributed by atoms with E-state index in [0.29, 0.717) is 12.1 Å². The van der Waals surface area contributed by atoms with Crippen molar-refractivity contribution in [2.45, 2.75) is 24.8 Å². The fourth-order valence-electron chi connectivity index (χ4n) is 2.80. The molecule has 0 aromatic heterocycles. The molecule has 1 saturated carbocycles. The van der Waals surface area contributed by atoms with Crippen LogP contribution < -0.4 is 10.5 Å². The Morgan fingerprint density at radius 3 is 2.30 bits per heavy atom. The molecule has 1 fully saturated rings. The van der Waals surface area contributed by atoms with Gasteiger partial charge in [-0.15, -0.1) is 0 Å². The molecule has 1 aliphatic carbocycles. The molecule has 2 rings (SSSR count). The normalized spacial score (nSPS) is 17.2. The summed E-state index contributed by atoms with van der Waals surface area (Å²) in [4.78, 5) is 4.75. The lowest BCUT2D eigenvalue weighted by atomic mass is 9.75. The molecule has 0 heterocycles. The Morgan fingerprint density at radius 2 is 1.80 bits per heavy atom. The highest BCUT2D eigenvalue weighted by Crippen LogP contribution is 2.36. The van der Waals surface area contributed by atoms with Gasteiger partial charge in [0.15, 0.2) is 0 Å². The molecular weight excluding hydrogens is 250 g/mol. The van der Waals surface area contributed by atoms with Gasteiger partial charge in [0.25, 0.3) is 0 Å². The van der Waals surface area contributed by atoms with Crippen LogP contribution in [-0.4, -0.2) is 56.2 Å². The van der Waals surface area contributed by atoms with Crippen molar-refractivity contribution in [2.24, 2.45) is 0 Å². The van der Waals surface area contributed by atoms with Crippen LogP contribution in [0.1, 0.15) is 19.3 Å². The Morgan fingerprint density at radius 1 is 1.15 bits per heavy atom. The third-order valence-electron chi connectivity index (χ3n) is 4.42. The largest absolute Gasteiger partial charge is 0.492 e. The molecule has 2 N–H and O–H groups in total. The van der Waals surface area contributed by atoms with E-state index in [1.807, 2.05) is 24.3 Å². The van der Waals surface area contributed by atoms with Crippen molar-refractivity contribution in [3.63, 3.8) is 0 Å². The first-order valence-corrected chi connectivity index (χ1v) is 7.36. The third kappa shape index (κ3) is 3.64. The first kappa shape index (κ1) is 15.1. The third-order valence-corrected chi connectivity index (χ3v) is 4.42. The lowest BCUT2D eigenvalue weighted by molar-refractivity contribution is 0.0250. The smallest absolute Gasteiger partial charge is 0.119 e. The van der Waals surface area contributed by atoms with Gasteiger partial charge in [-0.3, -0.25) is 0 Å². The lowest BCUT2D eigenvalue weighted by Crippen LogP contribution is -2.57. The van der Waals surface area contributed by atoms with Gasteiger partial charge >= 0.3 is 0 Å². The molecule has 0 amide bonds. The number of hydrogen-bond acceptors (Lipinski definition) is 4. The quantitative estimate of drug-likeness (QED) is 0.775. The fraction of sp³-hybridized carbons (Fsp3) is 0.625. The van der Waals surface area contributed by atoms with Crippen LogP contribution in [0.3, 0.4) is 0 Å². The van der Waals surface area contributed by atoms with Crippen LogP contribution in [0.25, 0.3) is 0 Å². The molecule has 0 atom stereocenters. The molecule has 1 aromatic carbocycles. The molecule has 0 saturated heterocycles. The zero-order chi connectivity index (χ0) is 14.6. The van der Waals surface area contributed by atoms with Crippen LogP contribution in [0.2, 0.25) is 0 Å². The van der Waals surface area contributed by atoms with E-state index >= 15 is 0 Å². The van der Waals surface area contributed by atoms with E-state index in [9.17, 15) is 0 Å². The van der Waals surface area contributed by atoms with Gasteiger partial charge in [0.1, 0.15) is 12.4 Å². The van der Waals surface area contributed by atoms with Crippen LogP contribution in [0.4, 0.5) is 5.69 Å². The van der Waals surface area contributed by atoms with Crippen molar-refractivity contribution in [3.05, 3.63) is 24.3 Å². The number of rotatable bonds is 7. The number of likely N-dealkylation sites (N-methyl/N-ethyl adjacent to an activating group) is 2. The maximum atomic E-state index is 5.75. The minimum absolute atomic E-state index is 0.385. The minimum Gasteiger partial charge on any atom is -0.492 e. The van der Waals surface area contributed by atoms with Crippen LogP contribution in [-0.2, 0) is 0 Å². The predicted octanol–water partition coefficient (Wildman–Crippen LogP) is 2.06. The molecule has 0 unspecified atom stereocenters. The standard InChI is InChI=1S/C16H27N3O/c1-18(2)16(9-4-10-16)13-19(3)11-12-20-15-7-5-14(17)6-8-15/h5-8H,4,9-13,17H2,1-3H3. The number of nitrogens with two attached hydrogens (primary N) is 1. The van der Waals surface area contributed by atoms with Gasteiger partial charge in [-0.2, -0.15) is 0 Å². The van der Waals surface area contributed by atoms with E-state index < -0.39 is 0 Å². The van der Waals surface area contributed by atoms with Gasteiger partial charge < -0.3 is 20.3 Å². The number of ether oxygens (including phenoxy) is 1. The van der Waals surface area contributed by atoms with Gasteiger partial charge in [0.05, 0.1) is 0 Å². The average molecular weight is 277 g/mol. The first-order valence-electron chi connectivity index (χ1n) is 7.36. The Kier molecular flexibility index (Phi) is 4.89. The zero-order valence-electron chi connectivity index (χ0n) is 12.9. The van der Waals surface area contributed by atoms with E-state index in [2.05, 4.69) is 30.9 Å². The second kappa shape index (κ2) is 6.46. The van der Waals surface area contributed by atoms with E-state index in [-0.39, 0.29) is 0 Å². The topological polar surface area (TPSA) is 41.7 Å². The molecule has 0 aliphatic heterocycles. The highest BCUT2D eigenvalue weighted by Gasteiger charge is 2.39. The molecule has 0 bridgehead atoms. The number of hydrogen-bond donors (Lipinski definition) is 1. The van der Waals surface area contributed by atoms with Gasteiger partial charge in [-0.25, -0.2) is 0 Å². The van der Waals surface area contributed by atoms with Crippen molar-refractivity contribution in [1.29, 1.82) is 0 Å². The van der Waals surface area contributed by atoms with Gasteiger partial charge in [0.2, 0.25) is 0 Å². The van der Waals surface area contributed by atoms with Crippen molar-refractivity contribution in [2.75, 3.05) is 46.6 Å². The predicted molar refractivity (Wildman–Crippen MR) is 84.1 cm³/mol. The summed E-state index contributed by atoms with van der Waals surface area (Å²) < 4.78 is 5.75. The van der Waals surface area contributed by atoms with Crippen molar-refractivity contribution >= 4 is 5.69 Å². The second-order valence-corrected chi connectivity index (χ2v) is 6.13. The minimum atomic E-state index is 0.385. The van der Waals surface area contributed by atoms with E-state index in [1.165, 1.54) is 19.3 Å². The summed E-state index contributed by atoms with van der Waals surface area (Å²) >= 11 is 0. The number of benzene rings is 1. The highest BCUT2D eigenvalue weighted by atomic mass is 16.5. The summed E-state index contributed by atoms with van der Waals surface area (Å²) in [6.45, 7) is 2.77. The maximum absolute atomic E-state index is 5.75. The summed E-state index contributed by atoms with van der Waals surface area (Å²) in [7, 11) is 6.56. The van der Waals surface area contributed by atoms with Crippen LogP contribution >= 0.6 is 0 Å².